The summed E-state index contributed by atoms with van der Waals surface area (Å²) in [6.07, 6.45) is 4.11. The maximum atomic E-state index is 10.4. The van der Waals surface area contributed by atoms with Gasteiger partial charge in [0, 0.05) is 31.6 Å². The Bertz CT molecular complexity index is 1130. The van der Waals surface area contributed by atoms with Crippen molar-refractivity contribution >= 4 is 28.1 Å². The van der Waals surface area contributed by atoms with E-state index in [-0.39, 0.29) is 5.75 Å². The number of phenols is 1. The van der Waals surface area contributed by atoms with Crippen LogP contribution in [0.2, 0.25) is 0 Å². The van der Waals surface area contributed by atoms with Crippen molar-refractivity contribution in [1.82, 2.24) is 19.9 Å². The maximum absolute atomic E-state index is 10.4. The highest BCUT2D eigenvalue weighted by Crippen LogP contribution is 2.33. The Kier molecular flexibility index (Phi) is 3.28. The minimum Gasteiger partial charge on any atom is -0.507 e. The fourth-order valence-electron chi connectivity index (χ4n) is 3.42. The van der Waals surface area contributed by atoms with Crippen molar-refractivity contribution < 1.29 is 9.52 Å². The van der Waals surface area contributed by atoms with Crippen LogP contribution in [-0.4, -0.2) is 38.1 Å². The van der Waals surface area contributed by atoms with Crippen molar-refractivity contribution in [3.05, 3.63) is 36.4 Å². The summed E-state index contributed by atoms with van der Waals surface area (Å²) in [7, 11) is 0. The lowest BCUT2D eigenvalue weighted by atomic mass is 10.1. The van der Waals surface area contributed by atoms with Crippen LogP contribution in [0, 0.1) is 6.92 Å². The maximum Gasteiger partial charge on any atom is 0.225 e. The molecule has 130 valence electrons. The normalized spacial score (nSPS) is 14.6. The highest BCUT2D eigenvalue weighted by atomic mass is 16.3. The predicted octanol–water partition coefficient (Wildman–Crippen LogP) is 3.45. The van der Waals surface area contributed by atoms with Crippen molar-refractivity contribution in [3.63, 3.8) is 0 Å². The number of anilines is 1. The predicted molar refractivity (Wildman–Crippen MR) is 98.2 cm³/mol. The van der Waals surface area contributed by atoms with Crippen molar-refractivity contribution in [2.45, 2.75) is 19.8 Å². The quantitative estimate of drug-likeness (QED) is 0.594. The first kappa shape index (κ1) is 15.1. The molecule has 1 aliphatic rings. The van der Waals surface area contributed by atoms with Crippen LogP contribution in [0.5, 0.6) is 5.75 Å². The minimum absolute atomic E-state index is 0.118. The van der Waals surface area contributed by atoms with Crippen LogP contribution in [0.3, 0.4) is 0 Å². The third-order valence-electron chi connectivity index (χ3n) is 4.70. The van der Waals surface area contributed by atoms with E-state index in [4.69, 9.17) is 4.42 Å². The zero-order valence-corrected chi connectivity index (χ0v) is 14.3. The molecule has 5 rings (SSSR count). The third kappa shape index (κ3) is 2.44. The fraction of sp³-hybridized carbons (Fsp3) is 0.263. The number of fused-ring (bicyclic) bond motifs is 2. The van der Waals surface area contributed by atoms with E-state index in [0.29, 0.717) is 33.8 Å². The molecule has 1 saturated heterocycles. The monoisotopic (exact) mass is 347 g/mol. The van der Waals surface area contributed by atoms with Crippen molar-refractivity contribution in [2.75, 3.05) is 18.0 Å². The molecule has 3 aromatic heterocycles. The molecule has 1 aromatic carbocycles. The summed E-state index contributed by atoms with van der Waals surface area (Å²) >= 11 is 0. The number of benzene rings is 1. The number of oxazole rings is 1. The molecule has 1 fully saturated rings. The van der Waals surface area contributed by atoms with Crippen LogP contribution in [0.1, 0.15) is 18.7 Å². The molecule has 1 N–H and O–H groups in total. The lowest BCUT2D eigenvalue weighted by Crippen LogP contribution is -2.20. The highest BCUT2D eigenvalue weighted by Gasteiger charge is 2.16. The second-order valence-corrected chi connectivity index (χ2v) is 6.53. The molecule has 4 heterocycles. The molecular weight excluding hydrogens is 330 g/mol. The van der Waals surface area contributed by atoms with E-state index in [1.807, 2.05) is 12.1 Å². The molecule has 0 atom stereocenters. The third-order valence-corrected chi connectivity index (χ3v) is 4.70. The van der Waals surface area contributed by atoms with Crippen LogP contribution in [0.4, 0.5) is 5.95 Å². The first-order valence-corrected chi connectivity index (χ1v) is 8.67. The van der Waals surface area contributed by atoms with Gasteiger partial charge in [-0.05, 0) is 31.0 Å². The Labute approximate surface area is 149 Å². The molecule has 0 radical (unpaired) electrons. The number of pyridine rings is 1. The second kappa shape index (κ2) is 5.66. The summed E-state index contributed by atoms with van der Waals surface area (Å²) in [4.78, 5) is 20.1. The molecule has 7 heteroatoms. The first-order valence-electron chi connectivity index (χ1n) is 8.67. The molecule has 0 aliphatic carbocycles. The van der Waals surface area contributed by atoms with Gasteiger partial charge in [0.25, 0.3) is 0 Å². The zero-order chi connectivity index (χ0) is 17.7. The molecule has 4 aromatic rings. The van der Waals surface area contributed by atoms with Gasteiger partial charge in [0.2, 0.25) is 5.95 Å². The van der Waals surface area contributed by atoms with Gasteiger partial charge in [-0.15, -0.1) is 0 Å². The molecule has 26 heavy (non-hydrogen) atoms. The van der Waals surface area contributed by atoms with E-state index < -0.39 is 0 Å². The standard InChI is InChI=1S/C19H17N5O2/c1-11-21-15-9-17(25)12(8-18(15)26-11)13-4-5-14-16(22-13)10-20-19(23-14)24-6-2-3-7-24/h4-5,8-10,25H,2-3,6-7H2,1H3. The average Bonchev–Trinajstić information content (AvgIpc) is 3.29. The number of rotatable bonds is 2. The van der Waals surface area contributed by atoms with Gasteiger partial charge in [-0.1, -0.05) is 0 Å². The number of hydrogen-bond acceptors (Lipinski definition) is 7. The minimum atomic E-state index is 0.118. The Morgan fingerprint density at radius 2 is 1.85 bits per heavy atom. The number of aryl methyl sites for hydroxylation is 1. The average molecular weight is 347 g/mol. The van der Waals surface area contributed by atoms with E-state index in [9.17, 15) is 5.11 Å². The number of aromatic nitrogens is 4. The van der Waals surface area contributed by atoms with Gasteiger partial charge in [0.1, 0.15) is 16.8 Å². The number of aromatic hydroxyl groups is 1. The van der Waals surface area contributed by atoms with Gasteiger partial charge in [-0.2, -0.15) is 0 Å². The topological polar surface area (TPSA) is 88.2 Å². The Morgan fingerprint density at radius 3 is 2.69 bits per heavy atom. The number of nitrogens with zero attached hydrogens (tertiary/aromatic N) is 5. The lowest BCUT2D eigenvalue weighted by molar-refractivity contribution is 0.477. The molecule has 0 spiro atoms. The smallest absolute Gasteiger partial charge is 0.225 e. The van der Waals surface area contributed by atoms with Gasteiger partial charge < -0.3 is 14.4 Å². The summed E-state index contributed by atoms with van der Waals surface area (Å²) in [6, 6.07) is 7.12. The second-order valence-electron chi connectivity index (χ2n) is 6.53. The summed E-state index contributed by atoms with van der Waals surface area (Å²) in [6.45, 7) is 3.78. The Morgan fingerprint density at radius 1 is 1.00 bits per heavy atom. The summed E-state index contributed by atoms with van der Waals surface area (Å²) in [5, 5.41) is 10.4. The van der Waals surface area contributed by atoms with Crippen molar-refractivity contribution in [1.29, 1.82) is 0 Å². The molecule has 1 aliphatic heterocycles. The molecule has 0 bridgehead atoms. The summed E-state index contributed by atoms with van der Waals surface area (Å²) in [5.41, 5.74) is 3.98. The van der Waals surface area contributed by atoms with Gasteiger partial charge in [0.15, 0.2) is 11.5 Å². The van der Waals surface area contributed by atoms with Gasteiger partial charge in [-0.25, -0.2) is 19.9 Å². The largest absolute Gasteiger partial charge is 0.507 e. The fourth-order valence-corrected chi connectivity index (χ4v) is 3.42. The Hall–Kier alpha value is -3.22. The van der Waals surface area contributed by atoms with Crippen LogP contribution >= 0.6 is 0 Å². The summed E-state index contributed by atoms with van der Waals surface area (Å²) in [5.74, 6) is 1.43. The van der Waals surface area contributed by atoms with Gasteiger partial charge in [-0.3, -0.25) is 0 Å². The number of phenolic OH excluding ortho intramolecular Hbond substituents is 1. The van der Waals surface area contributed by atoms with Gasteiger partial charge in [0.05, 0.1) is 17.4 Å². The van der Waals surface area contributed by atoms with Crippen LogP contribution < -0.4 is 4.90 Å². The van der Waals surface area contributed by atoms with Crippen LogP contribution in [0.25, 0.3) is 33.4 Å². The SMILES string of the molecule is Cc1nc2cc(O)c(-c3ccc4nc(N5CCCC5)ncc4n3)cc2o1. The van der Waals surface area contributed by atoms with E-state index in [1.54, 1.807) is 25.3 Å². The van der Waals surface area contributed by atoms with Crippen LogP contribution in [-0.2, 0) is 0 Å². The highest BCUT2D eigenvalue weighted by molar-refractivity contribution is 5.86. The van der Waals surface area contributed by atoms with Crippen LogP contribution in [0.15, 0.2) is 34.9 Å². The molecule has 0 saturated carbocycles. The Balaban J connectivity index is 1.59. The van der Waals surface area contributed by atoms with Crippen molar-refractivity contribution in [3.8, 4) is 17.0 Å². The molecule has 7 nitrogen and oxygen atoms in total. The molecular formula is C19H17N5O2. The lowest BCUT2D eigenvalue weighted by Gasteiger charge is -2.15. The van der Waals surface area contributed by atoms with E-state index in [2.05, 4.69) is 24.8 Å². The van der Waals surface area contributed by atoms with E-state index in [1.165, 1.54) is 12.8 Å². The van der Waals surface area contributed by atoms with Gasteiger partial charge >= 0.3 is 0 Å². The zero-order valence-electron chi connectivity index (χ0n) is 14.3. The first-order chi connectivity index (χ1) is 12.7. The summed E-state index contributed by atoms with van der Waals surface area (Å²) < 4.78 is 5.57. The van der Waals surface area contributed by atoms with E-state index >= 15 is 0 Å². The number of hydrogen-bond donors (Lipinski definition) is 1. The van der Waals surface area contributed by atoms with Crippen molar-refractivity contribution in [2.24, 2.45) is 0 Å². The molecule has 0 amide bonds. The molecule has 0 unspecified atom stereocenters. The van der Waals surface area contributed by atoms with E-state index in [0.717, 1.165) is 24.6 Å².